The second-order valence-corrected chi connectivity index (χ2v) is 5.22. The van der Waals surface area contributed by atoms with Crippen LogP contribution in [0.15, 0.2) is 46.1 Å². The standard InChI is InChI=1S/C16H19N3O4/c1-17(10-12-5-4-6-13(9-12)23-3)15(21)11-19-8-7-14(20)18(2)16(19)22/h4-9H,10-11H2,1-3H3. The maximum atomic E-state index is 12.3. The minimum atomic E-state index is -0.513. The van der Waals surface area contributed by atoms with E-state index in [0.717, 1.165) is 15.9 Å². The molecule has 0 saturated carbocycles. The van der Waals surface area contributed by atoms with Crippen molar-refractivity contribution in [2.45, 2.75) is 13.1 Å². The summed E-state index contributed by atoms with van der Waals surface area (Å²) in [5.41, 5.74) is 0.0112. The maximum Gasteiger partial charge on any atom is 0.331 e. The molecular formula is C16H19N3O4. The summed E-state index contributed by atoms with van der Waals surface area (Å²) in [6.07, 6.45) is 1.34. The van der Waals surface area contributed by atoms with Gasteiger partial charge in [0.05, 0.1) is 7.11 Å². The van der Waals surface area contributed by atoms with Gasteiger partial charge in [0.25, 0.3) is 5.56 Å². The molecule has 0 fully saturated rings. The van der Waals surface area contributed by atoms with Crippen molar-refractivity contribution >= 4 is 5.91 Å². The molecule has 7 nitrogen and oxygen atoms in total. The van der Waals surface area contributed by atoms with Gasteiger partial charge in [0.1, 0.15) is 12.3 Å². The van der Waals surface area contributed by atoms with Crippen molar-refractivity contribution in [1.29, 1.82) is 0 Å². The molecular weight excluding hydrogens is 298 g/mol. The van der Waals surface area contributed by atoms with Crippen molar-refractivity contribution in [3.05, 3.63) is 62.9 Å². The molecule has 0 aliphatic heterocycles. The van der Waals surface area contributed by atoms with Crippen LogP contribution in [-0.2, 0) is 24.9 Å². The largest absolute Gasteiger partial charge is 0.497 e. The Hall–Kier alpha value is -2.83. The number of aromatic nitrogens is 2. The molecule has 0 bridgehead atoms. The van der Waals surface area contributed by atoms with Gasteiger partial charge in [0, 0.05) is 32.9 Å². The molecule has 1 heterocycles. The van der Waals surface area contributed by atoms with Gasteiger partial charge in [-0.15, -0.1) is 0 Å². The second-order valence-electron chi connectivity index (χ2n) is 5.22. The highest BCUT2D eigenvalue weighted by Crippen LogP contribution is 2.13. The van der Waals surface area contributed by atoms with Crippen LogP contribution in [0.4, 0.5) is 0 Å². The Morgan fingerprint density at radius 2 is 2.00 bits per heavy atom. The van der Waals surface area contributed by atoms with Gasteiger partial charge in [-0.2, -0.15) is 0 Å². The summed E-state index contributed by atoms with van der Waals surface area (Å²) in [5.74, 6) is 0.492. The molecule has 0 radical (unpaired) electrons. The van der Waals surface area contributed by atoms with Gasteiger partial charge in [-0.05, 0) is 17.7 Å². The van der Waals surface area contributed by atoms with E-state index in [4.69, 9.17) is 4.74 Å². The Balaban J connectivity index is 2.10. The van der Waals surface area contributed by atoms with Crippen LogP contribution in [0.2, 0.25) is 0 Å². The fraction of sp³-hybridized carbons (Fsp3) is 0.312. The molecule has 0 aliphatic carbocycles. The molecule has 0 unspecified atom stereocenters. The third-order valence-corrected chi connectivity index (χ3v) is 3.55. The van der Waals surface area contributed by atoms with Crippen molar-refractivity contribution in [2.24, 2.45) is 7.05 Å². The smallest absolute Gasteiger partial charge is 0.331 e. The third kappa shape index (κ3) is 3.88. The van der Waals surface area contributed by atoms with E-state index < -0.39 is 11.2 Å². The van der Waals surface area contributed by atoms with Crippen molar-refractivity contribution in [1.82, 2.24) is 14.0 Å². The van der Waals surface area contributed by atoms with E-state index in [9.17, 15) is 14.4 Å². The molecule has 0 atom stereocenters. The van der Waals surface area contributed by atoms with Crippen LogP contribution >= 0.6 is 0 Å². The summed E-state index contributed by atoms with van der Waals surface area (Å²) < 4.78 is 7.33. The van der Waals surface area contributed by atoms with Crippen LogP contribution in [0.5, 0.6) is 5.75 Å². The lowest BCUT2D eigenvalue weighted by Gasteiger charge is -2.18. The number of methoxy groups -OCH3 is 1. The van der Waals surface area contributed by atoms with Crippen molar-refractivity contribution in [3.63, 3.8) is 0 Å². The number of carbonyl (C=O) groups excluding carboxylic acids is 1. The quantitative estimate of drug-likeness (QED) is 0.790. The minimum Gasteiger partial charge on any atom is -0.497 e. The summed E-state index contributed by atoms with van der Waals surface area (Å²) in [6, 6.07) is 8.68. The van der Waals surface area contributed by atoms with Gasteiger partial charge in [-0.1, -0.05) is 12.1 Å². The molecule has 1 aromatic heterocycles. The van der Waals surface area contributed by atoms with E-state index in [2.05, 4.69) is 0 Å². The van der Waals surface area contributed by atoms with Gasteiger partial charge in [0.2, 0.25) is 5.91 Å². The van der Waals surface area contributed by atoms with Crippen LogP contribution in [0.25, 0.3) is 0 Å². The summed E-state index contributed by atoms with van der Waals surface area (Å²) in [5, 5.41) is 0. The lowest BCUT2D eigenvalue weighted by molar-refractivity contribution is -0.131. The minimum absolute atomic E-state index is 0.118. The first-order chi connectivity index (χ1) is 10.9. The van der Waals surface area contributed by atoms with Crippen molar-refractivity contribution < 1.29 is 9.53 Å². The Labute approximate surface area is 133 Å². The number of nitrogens with zero attached hydrogens (tertiary/aromatic N) is 3. The zero-order chi connectivity index (χ0) is 17.0. The lowest BCUT2D eigenvalue weighted by atomic mass is 10.2. The highest BCUT2D eigenvalue weighted by Gasteiger charge is 2.12. The highest BCUT2D eigenvalue weighted by atomic mass is 16.5. The van der Waals surface area contributed by atoms with Gasteiger partial charge < -0.3 is 9.64 Å². The number of hydrogen-bond acceptors (Lipinski definition) is 4. The predicted molar refractivity (Wildman–Crippen MR) is 85.4 cm³/mol. The molecule has 0 spiro atoms. The molecule has 0 aliphatic rings. The SMILES string of the molecule is COc1cccc(CN(C)C(=O)Cn2ccc(=O)n(C)c2=O)c1. The summed E-state index contributed by atoms with van der Waals surface area (Å²) >= 11 is 0. The van der Waals surface area contributed by atoms with Gasteiger partial charge >= 0.3 is 5.69 Å². The summed E-state index contributed by atoms with van der Waals surface area (Å²) in [7, 11) is 4.63. The van der Waals surface area contributed by atoms with Crippen LogP contribution < -0.4 is 16.0 Å². The van der Waals surface area contributed by atoms with Gasteiger partial charge in [-0.25, -0.2) is 4.79 Å². The monoisotopic (exact) mass is 317 g/mol. The van der Waals surface area contributed by atoms with Crippen molar-refractivity contribution in [2.75, 3.05) is 14.2 Å². The maximum absolute atomic E-state index is 12.3. The number of carbonyl (C=O) groups is 1. The molecule has 1 aromatic carbocycles. The van der Waals surface area contributed by atoms with Gasteiger partial charge in [0.15, 0.2) is 0 Å². The molecule has 122 valence electrons. The fourth-order valence-electron chi connectivity index (χ4n) is 2.14. The summed E-state index contributed by atoms with van der Waals surface area (Å²) in [4.78, 5) is 37.1. The second kappa shape index (κ2) is 6.95. The lowest BCUT2D eigenvalue weighted by Crippen LogP contribution is -2.40. The molecule has 2 rings (SSSR count). The van der Waals surface area contributed by atoms with Crippen LogP contribution in [-0.4, -0.2) is 34.1 Å². The molecule has 1 amide bonds. The van der Waals surface area contributed by atoms with Gasteiger partial charge in [-0.3, -0.25) is 18.7 Å². The molecule has 0 N–H and O–H groups in total. The first-order valence-electron chi connectivity index (χ1n) is 7.05. The van der Waals surface area contributed by atoms with Crippen LogP contribution in [0, 0.1) is 0 Å². The Morgan fingerprint density at radius 1 is 1.26 bits per heavy atom. The number of ether oxygens (including phenoxy) is 1. The predicted octanol–water partition coefficient (Wildman–Crippen LogP) is 0.214. The normalized spacial score (nSPS) is 10.4. The average molecular weight is 317 g/mol. The number of rotatable bonds is 5. The van der Waals surface area contributed by atoms with E-state index in [1.54, 1.807) is 14.2 Å². The third-order valence-electron chi connectivity index (χ3n) is 3.55. The topological polar surface area (TPSA) is 73.5 Å². The van der Waals surface area contributed by atoms with Crippen LogP contribution in [0.3, 0.4) is 0 Å². The fourth-order valence-corrected chi connectivity index (χ4v) is 2.14. The molecule has 23 heavy (non-hydrogen) atoms. The summed E-state index contributed by atoms with van der Waals surface area (Å²) in [6.45, 7) is 0.282. The number of amides is 1. The number of likely N-dealkylation sites (N-methyl/N-ethyl adjacent to an activating group) is 1. The molecule has 0 saturated heterocycles. The Kier molecular flexibility index (Phi) is 5.00. The highest BCUT2D eigenvalue weighted by molar-refractivity contribution is 5.75. The first-order valence-corrected chi connectivity index (χ1v) is 7.05. The van der Waals surface area contributed by atoms with Crippen molar-refractivity contribution in [3.8, 4) is 5.75 Å². The van der Waals surface area contributed by atoms with E-state index in [0.29, 0.717) is 6.54 Å². The van der Waals surface area contributed by atoms with E-state index >= 15 is 0 Å². The van der Waals surface area contributed by atoms with E-state index in [1.165, 1.54) is 28.8 Å². The molecule has 7 heteroatoms. The molecule has 2 aromatic rings. The number of hydrogen-bond donors (Lipinski definition) is 0. The van der Waals surface area contributed by atoms with E-state index in [-0.39, 0.29) is 12.5 Å². The Bertz CT molecular complexity index is 823. The van der Waals surface area contributed by atoms with E-state index in [1.807, 2.05) is 24.3 Å². The first kappa shape index (κ1) is 16.5. The Morgan fingerprint density at radius 3 is 2.70 bits per heavy atom. The zero-order valence-corrected chi connectivity index (χ0v) is 13.4. The average Bonchev–Trinajstić information content (AvgIpc) is 2.55. The van der Waals surface area contributed by atoms with Crippen LogP contribution in [0.1, 0.15) is 5.56 Å². The zero-order valence-electron chi connectivity index (χ0n) is 13.4. The number of benzene rings is 1.